The first-order chi connectivity index (χ1) is 13.7. The van der Waals surface area contributed by atoms with Crippen molar-refractivity contribution in [1.82, 2.24) is 5.16 Å². The molecule has 1 unspecified atom stereocenters. The molecule has 0 spiro atoms. The highest BCUT2D eigenvalue weighted by atomic mass is 79.9. The van der Waals surface area contributed by atoms with E-state index in [1.165, 1.54) is 11.6 Å². The SMILES string of the molecule is CCC(C)c1ccc(NC(=O)c2sccc2S(=O)(=O)Nc2onc(C)c2Br)cc1. The van der Waals surface area contributed by atoms with E-state index in [0.717, 1.165) is 17.8 Å². The summed E-state index contributed by atoms with van der Waals surface area (Å²) < 4.78 is 33.2. The summed E-state index contributed by atoms with van der Waals surface area (Å²) in [5.41, 5.74) is 2.29. The quantitative estimate of drug-likeness (QED) is 0.456. The summed E-state index contributed by atoms with van der Waals surface area (Å²) in [4.78, 5) is 12.7. The molecule has 0 bridgehead atoms. The molecule has 0 aliphatic rings. The number of aryl methyl sites for hydroxylation is 1. The maximum Gasteiger partial charge on any atom is 0.267 e. The minimum Gasteiger partial charge on any atom is -0.336 e. The standard InChI is InChI=1S/C19H20BrN3O4S2/c1-4-11(2)13-5-7-14(8-6-13)21-18(24)17-15(9-10-28-17)29(25,26)23-19-16(20)12(3)22-27-19/h5-11,23H,4H2,1-3H3,(H,21,24). The zero-order valence-electron chi connectivity index (χ0n) is 16.0. The van der Waals surface area contributed by atoms with Crippen LogP contribution >= 0.6 is 27.3 Å². The first kappa shape index (κ1) is 21.5. The number of anilines is 2. The largest absolute Gasteiger partial charge is 0.336 e. The third kappa shape index (κ3) is 4.71. The Labute approximate surface area is 181 Å². The first-order valence-corrected chi connectivity index (χ1v) is 12.0. The lowest BCUT2D eigenvalue weighted by atomic mass is 9.99. The predicted molar refractivity (Wildman–Crippen MR) is 117 cm³/mol. The monoisotopic (exact) mass is 497 g/mol. The molecule has 0 fully saturated rings. The summed E-state index contributed by atoms with van der Waals surface area (Å²) in [6.45, 7) is 5.92. The number of nitrogens with zero attached hydrogens (tertiary/aromatic N) is 1. The zero-order valence-corrected chi connectivity index (χ0v) is 19.2. The van der Waals surface area contributed by atoms with Crippen molar-refractivity contribution in [3.8, 4) is 0 Å². The van der Waals surface area contributed by atoms with Crippen LogP contribution in [0.3, 0.4) is 0 Å². The van der Waals surface area contributed by atoms with E-state index in [2.05, 4.69) is 45.0 Å². The number of aromatic nitrogens is 1. The number of nitrogens with one attached hydrogen (secondary N) is 2. The lowest BCUT2D eigenvalue weighted by molar-refractivity contribution is 0.102. The molecule has 3 aromatic rings. The van der Waals surface area contributed by atoms with Gasteiger partial charge in [-0.15, -0.1) is 11.3 Å². The summed E-state index contributed by atoms with van der Waals surface area (Å²) in [7, 11) is -4.03. The fourth-order valence-electron chi connectivity index (χ4n) is 2.59. The number of benzene rings is 1. The van der Waals surface area contributed by atoms with Crippen molar-refractivity contribution in [3.05, 3.63) is 56.3 Å². The van der Waals surface area contributed by atoms with Crippen molar-refractivity contribution in [2.45, 2.75) is 38.0 Å². The van der Waals surface area contributed by atoms with Gasteiger partial charge in [0.05, 0.1) is 5.69 Å². The molecule has 0 aliphatic heterocycles. The molecule has 29 heavy (non-hydrogen) atoms. The van der Waals surface area contributed by atoms with E-state index < -0.39 is 15.9 Å². The number of amides is 1. The molecule has 154 valence electrons. The number of carbonyl (C=O) groups excluding carboxylic acids is 1. The van der Waals surface area contributed by atoms with Gasteiger partial charge in [0.15, 0.2) is 0 Å². The smallest absolute Gasteiger partial charge is 0.267 e. The highest BCUT2D eigenvalue weighted by molar-refractivity contribution is 9.10. The minimum absolute atomic E-state index is 0.0410. The van der Waals surface area contributed by atoms with Gasteiger partial charge in [-0.3, -0.25) is 4.79 Å². The van der Waals surface area contributed by atoms with Crippen LogP contribution in [0.2, 0.25) is 0 Å². The second-order valence-corrected chi connectivity index (χ2v) is 9.88. The number of carbonyl (C=O) groups is 1. The Balaban J connectivity index is 1.80. The Morgan fingerprint density at radius 3 is 2.55 bits per heavy atom. The number of halogens is 1. The van der Waals surface area contributed by atoms with Gasteiger partial charge in [-0.1, -0.05) is 31.1 Å². The van der Waals surface area contributed by atoms with E-state index >= 15 is 0 Å². The molecule has 0 radical (unpaired) electrons. The average Bonchev–Trinajstić information content (AvgIpc) is 3.31. The average molecular weight is 498 g/mol. The molecule has 2 heterocycles. The topological polar surface area (TPSA) is 101 Å². The third-order valence-corrected chi connectivity index (χ3v) is 7.84. The number of sulfonamides is 1. The highest BCUT2D eigenvalue weighted by Gasteiger charge is 2.26. The van der Waals surface area contributed by atoms with E-state index in [9.17, 15) is 13.2 Å². The fourth-order valence-corrected chi connectivity index (χ4v) is 5.29. The maximum absolute atomic E-state index is 12.8. The predicted octanol–water partition coefficient (Wildman–Crippen LogP) is 5.37. The second kappa shape index (κ2) is 8.68. The van der Waals surface area contributed by atoms with Gasteiger partial charge in [0.25, 0.3) is 21.8 Å². The second-order valence-electron chi connectivity index (χ2n) is 6.52. The van der Waals surface area contributed by atoms with Gasteiger partial charge in [-0.05, 0) is 64.3 Å². The molecule has 3 rings (SSSR count). The molecule has 0 saturated carbocycles. The Morgan fingerprint density at radius 2 is 1.97 bits per heavy atom. The molecule has 2 N–H and O–H groups in total. The molecule has 1 atom stereocenters. The van der Waals surface area contributed by atoms with Crippen molar-refractivity contribution >= 4 is 54.8 Å². The lowest BCUT2D eigenvalue weighted by Crippen LogP contribution is -2.18. The van der Waals surface area contributed by atoms with Crippen LogP contribution in [0.1, 0.15) is 47.1 Å². The zero-order chi connectivity index (χ0) is 21.2. The summed E-state index contributed by atoms with van der Waals surface area (Å²) in [5, 5.41) is 8.00. The van der Waals surface area contributed by atoms with Crippen LogP contribution < -0.4 is 10.0 Å². The van der Waals surface area contributed by atoms with E-state index in [-0.39, 0.29) is 15.7 Å². The van der Waals surface area contributed by atoms with Gasteiger partial charge in [-0.2, -0.15) is 0 Å². The summed E-state index contributed by atoms with van der Waals surface area (Å²) in [6, 6.07) is 8.93. The number of hydrogen-bond donors (Lipinski definition) is 2. The molecule has 7 nitrogen and oxygen atoms in total. The van der Waals surface area contributed by atoms with Crippen LogP contribution in [0.4, 0.5) is 11.6 Å². The Morgan fingerprint density at radius 1 is 1.28 bits per heavy atom. The molecule has 1 aromatic carbocycles. The summed E-state index contributed by atoms with van der Waals surface area (Å²) in [5.74, 6) is -0.107. The molecule has 0 saturated heterocycles. The fraction of sp³-hybridized carbons (Fsp3) is 0.263. The van der Waals surface area contributed by atoms with Gasteiger partial charge in [0, 0.05) is 5.69 Å². The highest BCUT2D eigenvalue weighted by Crippen LogP contribution is 2.30. The van der Waals surface area contributed by atoms with Gasteiger partial charge in [0.2, 0.25) is 0 Å². The maximum atomic E-state index is 12.8. The molecule has 10 heteroatoms. The van der Waals surface area contributed by atoms with Crippen molar-refractivity contribution < 1.29 is 17.7 Å². The van der Waals surface area contributed by atoms with Gasteiger partial charge >= 0.3 is 0 Å². The van der Waals surface area contributed by atoms with Gasteiger partial charge < -0.3 is 9.84 Å². The van der Waals surface area contributed by atoms with E-state index in [1.807, 2.05) is 24.3 Å². The van der Waals surface area contributed by atoms with Gasteiger partial charge in [0.1, 0.15) is 14.2 Å². The molecule has 1 amide bonds. The number of thiophene rings is 1. The van der Waals surface area contributed by atoms with Crippen LogP contribution in [0.25, 0.3) is 0 Å². The van der Waals surface area contributed by atoms with Crippen LogP contribution in [0.15, 0.2) is 49.6 Å². The van der Waals surface area contributed by atoms with Gasteiger partial charge in [-0.25, -0.2) is 13.1 Å². The van der Waals surface area contributed by atoms with Crippen molar-refractivity contribution in [2.24, 2.45) is 0 Å². The van der Waals surface area contributed by atoms with Crippen molar-refractivity contribution in [2.75, 3.05) is 10.0 Å². The number of hydrogen-bond acceptors (Lipinski definition) is 6. The molecule has 2 aromatic heterocycles. The van der Waals surface area contributed by atoms with Crippen LogP contribution in [-0.2, 0) is 10.0 Å². The number of rotatable bonds is 7. The Bertz CT molecular complexity index is 1120. The Hall–Kier alpha value is -2.17. The summed E-state index contributed by atoms with van der Waals surface area (Å²) >= 11 is 4.27. The normalized spacial score (nSPS) is 12.6. The minimum atomic E-state index is -4.03. The first-order valence-electron chi connectivity index (χ1n) is 8.86. The van der Waals surface area contributed by atoms with E-state index in [1.54, 1.807) is 12.3 Å². The van der Waals surface area contributed by atoms with Crippen LogP contribution in [0, 0.1) is 6.92 Å². The van der Waals surface area contributed by atoms with E-state index in [4.69, 9.17) is 4.52 Å². The lowest BCUT2D eigenvalue weighted by Gasteiger charge is -2.11. The molecular weight excluding hydrogens is 478 g/mol. The summed E-state index contributed by atoms with van der Waals surface area (Å²) in [6.07, 6.45) is 1.02. The van der Waals surface area contributed by atoms with Crippen LogP contribution in [0.5, 0.6) is 0 Å². The van der Waals surface area contributed by atoms with Crippen molar-refractivity contribution in [1.29, 1.82) is 0 Å². The van der Waals surface area contributed by atoms with Crippen LogP contribution in [-0.4, -0.2) is 19.5 Å². The van der Waals surface area contributed by atoms with E-state index in [0.29, 0.717) is 21.8 Å². The Kier molecular flexibility index (Phi) is 6.45. The third-order valence-electron chi connectivity index (χ3n) is 4.49. The molecular formula is C19H20BrN3O4S2. The molecule has 0 aliphatic carbocycles. The van der Waals surface area contributed by atoms with Crippen molar-refractivity contribution in [3.63, 3.8) is 0 Å².